The lowest BCUT2D eigenvalue weighted by atomic mass is 10.0. The summed E-state index contributed by atoms with van der Waals surface area (Å²) >= 11 is 0. The van der Waals surface area contributed by atoms with Crippen molar-refractivity contribution >= 4 is 5.91 Å². The molecule has 0 radical (unpaired) electrons. The van der Waals surface area contributed by atoms with Crippen LogP contribution in [0, 0.1) is 5.92 Å². The number of nitrogens with zero attached hydrogens (tertiary/aromatic N) is 1. The van der Waals surface area contributed by atoms with Gasteiger partial charge < -0.3 is 20.1 Å². The first-order valence-electron chi connectivity index (χ1n) is 7.21. The number of carbonyl (C=O) groups is 1. The van der Waals surface area contributed by atoms with Gasteiger partial charge in [-0.3, -0.25) is 4.79 Å². The number of hydrogen-bond acceptors (Lipinski definition) is 4. The fourth-order valence-corrected chi connectivity index (χ4v) is 1.97. The standard InChI is InChI=1S/C16H26N2O3/c1-12(2)11-15(17)16(19)18(3)9-10-21-14-7-5-13(20-4)6-8-14/h5-8,12,15H,9-11,17H2,1-4H3. The topological polar surface area (TPSA) is 64.8 Å². The molecule has 5 heteroatoms. The minimum atomic E-state index is -0.434. The first-order valence-corrected chi connectivity index (χ1v) is 7.21. The second-order valence-electron chi connectivity index (χ2n) is 5.52. The number of benzene rings is 1. The van der Waals surface area contributed by atoms with E-state index in [-0.39, 0.29) is 5.91 Å². The number of amides is 1. The summed E-state index contributed by atoms with van der Waals surface area (Å²) in [6, 6.07) is 6.91. The van der Waals surface area contributed by atoms with Crippen molar-refractivity contribution in [3.05, 3.63) is 24.3 Å². The van der Waals surface area contributed by atoms with Crippen LogP contribution in [0.25, 0.3) is 0 Å². The van der Waals surface area contributed by atoms with Gasteiger partial charge in [-0.1, -0.05) is 13.8 Å². The third kappa shape index (κ3) is 6.04. The molecule has 0 heterocycles. The average molecular weight is 294 g/mol. The van der Waals surface area contributed by atoms with E-state index < -0.39 is 6.04 Å². The molecule has 1 aromatic rings. The lowest BCUT2D eigenvalue weighted by molar-refractivity contribution is -0.131. The zero-order chi connectivity index (χ0) is 15.8. The summed E-state index contributed by atoms with van der Waals surface area (Å²) < 4.78 is 10.7. The van der Waals surface area contributed by atoms with Crippen molar-refractivity contribution in [1.82, 2.24) is 4.90 Å². The molecule has 1 atom stereocenters. The lowest BCUT2D eigenvalue weighted by Gasteiger charge is -2.22. The molecular weight excluding hydrogens is 268 g/mol. The van der Waals surface area contributed by atoms with E-state index in [4.69, 9.17) is 15.2 Å². The highest BCUT2D eigenvalue weighted by molar-refractivity contribution is 5.81. The fourth-order valence-electron chi connectivity index (χ4n) is 1.97. The molecule has 21 heavy (non-hydrogen) atoms. The second-order valence-corrected chi connectivity index (χ2v) is 5.52. The molecule has 1 amide bonds. The third-order valence-electron chi connectivity index (χ3n) is 3.17. The van der Waals surface area contributed by atoms with E-state index >= 15 is 0 Å². The van der Waals surface area contributed by atoms with Gasteiger partial charge >= 0.3 is 0 Å². The van der Waals surface area contributed by atoms with Crippen LogP contribution in [0.15, 0.2) is 24.3 Å². The SMILES string of the molecule is COc1ccc(OCCN(C)C(=O)C(N)CC(C)C)cc1. The molecule has 0 aliphatic heterocycles. The Balaban J connectivity index is 2.35. The number of carbonyl (C=O) groups excluding carboxylic acids is 1. The van der Waals surface area contributed by atoms with E-state index in [1.54, 1.807) is 19.1 Å². The van der Waals surface area contributed by atoms with E-state index in [0.717, 1.165) is 11.5 Å². The second kappa shape index (κ2) is 8.52. The molecule has 0 saturated heterocycles. The van der Waals surface area contributed by atoms with Gasteiger partial charge in [-0.15, -0.1) is 0 Å². The summed E-state index contributed by atoms with van der Waals surface area (Å²) in [5, 5.41) is 0. The third-order valence-corrected chi connectivity index (χ3v) is 3.17. The van der Waals surface area contributed by atoms with Crippen LogP contribution < -0.4 is 15.2 Å². The smallest absolute Gasteiger partial charge is 0.239 e. The van der Waals surface area contributed by atoms with Crippen LogP contribution in [0.2, 0.25) is 0 Å². The number of nitrogens with two attached hydrogens (primary N) is 1. The Bertz CT molecular complexity index is 432. The first-order chi connectivity index (χ1) is 9.93. The molecule has 0 fully saturated rings. The quantitative estimate of drug-likeness (QED) is 0.795. The van der Waals surface area contributed by atoms with Crippen LogP contribution >= 0.6 is 0 Å². The van der Waals surface area contributed by atoms with Gasteiger partial charge in [0.1, 0.15) is 18.1 Å². The van der Waals surface area contributed by atoms with Crippen molar-refractivity contribution in [2.45, 2.75) is 26.3 Å². The molecule has 5 nitrogen and oxygen atoms in total. The van der Waals surface area contributed by atoms with Crippen molar-refractivity contribution in [2.75, 3.05) is 27.3 Å². The van der Waals surface area contributed by atoms with Gasteiger partial charge in [0.2, 0.25) is 5.91 Å². The van der Waals surface area contributed by atoms with Crippen molar-refractivity contribution in [3.63, 3.8) is 0 Å². The number of hydrogen-bond donors (Lipinski definition) is 1. The van der Waals surface area contributed by atoms with Crippen molar-refractivity contribution in [2.24, 2.45) is 11.7 Å². The maximum atomic E-state index is 12.0. The van der Waals surface area contributed by atoms with Gasteiger partial charge in [0.05, 0.1) is 19.7 Å². The number of methoxy groups -OCH3 is 1. The highest BCUT2D eigenvalue weighted by atomic mass is 16.5. The molecule has 0 aromatic heterocycles. The Labute approximate surface area is 127 Å². The molecular formula is C16H26N2O3. The largest absolute Gasteiger partial charge is 0.497 e. The van der Waals surface area contributed by atoms with E-state index in [1.165, 1.54) is 0 Å². The van der Waals surface area contributed by atoms with Crippen molar-refractivity contribution < 1.29 is 14.3 Å². The van der Waals surface area contributed by atoms with Crippen molar-refractivity contribution in [1.29, 1.82) is 0 Å². The van der Waals surface area contributed by atoms with E-state index in [2.05, 4.69) is 13.8 Å². The van der Waals surface area contributed by atoms with Gasteiger partial charge in [0, 0.05) is 7.05 Å². The average Bonchev–Trinajstić information content (AvgIpc) is 2.46. The Hall–Kier alpha value is -1.75. The number of ether oxygens (including phenoxy) is 2. The maximum Gasteiger partial charge on any atom is 0.239 e. The normalized spacial score (nSPS) is 12.1. The molecule has 2 N–H and O–H groups in total. The molecule has 0 aliphatic rings. The lowest BCUT2D eigenvalue weighted by Crippen LogP contribution is -2.43. The van der Waals surface area contributed by atoms with E-state index in [1.807, 2.05) is 24.3 Å². The van der Waals surface area contributed by atoms with Crippen LogP contribution in [0.1, 0.15) is 20.3 Å². The Morgan fingerprint density at radius 3 is 2.33 bits per heavy atom. The van der Waals surface area contributed by atoms with Gasteiger partial charge in [0.15, 0.2) is 0 Å². The predicted molar refractivity (Wildman–Crippen MR) is 83.6 cm³/mol. The summed E-state index contributed by atoms with van der Waals surface area (Å²) in [7, 11) is 3.37. The summed E-state index contributed by atoms with van der Waals surface area (Å²) in [4.78, 5) is 13.7. The molecule has 118 valence electrons. The maximum absolute atomic E-state index is 12.0. The summed E-state index contributed by atoms with van der Waals surface area (Å²) in [5.41, 5.74) is 5.89. The Kier molecular flexibility index (Phi) is 7.02. The molecule has 1 rings (SSSR count). The number of rotatable bonds is 8. The van der Waals surface area contributed by atoms with Crippen LogP contribution in [0.5, 0.6) is 11.5 Å². The van der Waals surface area contributed by atoms with Gasteiger partial charge in [0.25, 0.3) is 0 Å². The zero-order valence-corrected chi connectivity index (χ0v) is 13.3. The molecule has 0 spiro atoms. The zero-order valence-electron chi connectivity index (χ0n) is 13.3. The first kappa shape index (κ1) is 17.3. The molecule has 0 bridgehead atoms. The monoisotopic (exact) mass is 294 g/mol. The molecule has 0 aliphatic carbocycles. The predicted octanol–water partition coefficient (Wildman–Crippen LogP) is 1.91. The van der Waals surface area contributed by atoms with Crippen LogP contribution in [-0.2, 0) is 4.79 Å². The fraction of sp³-hybridized carbons (Fsp3) is 0.562. The van der Waals surface area contributed by atoms with Gasteiger partial charge in [-0.2, -0.15) is 0 Å². The van der Waals surface area contributed by atoms with Gasteiger partial charge in [-0.05, 0) is 36.6 Å². The molecule has 1 aromatic carbocycles. The summed E-state index contributed by atoms with van der Waals surface area (Å²) in [6.07, 6.45) is 0.697. The molecule has 0 saturated carbocycles. The minimum Gasteiger partial charge on any atom is -0.497 e. The Morgan fingerprint density at radius 1 is 1.24 bits per heavy atom. The molecule has 1 unspecified atom stereocenters. The number of likely N-dealkylation sites (N-methyl/N-ethyl adjacent to an activating group) is 1. The van der Waals surface area contributed by atoms with Crippen molar-refractivity contribution in [3.8, 4) is 11.5 Å². The summed E-state index contributed by atoms with van der Waals surface area (Å²) in [6.45, 7) is 5.06. The minimum absolute atomic E-state index is 0.0398. The van der Waals surface area contributed by atoms with Gasteiger partial charge in [-0.25, -0.2) is 0 Å². The summed E-state index contributed by atoms with van der Waals surface area (Å²) in [5.74, 6) is 1.91. The Morgan fingerprint density at radius 2 is 1.81 bits per heavy atom. The highest BCUT2D eigenvalue weighted by Crippen LogP contribution is 2.16. The van der Waals surface area contributed by atoms with Crippen LogP contribution in [0.3, 0.4) is 0 Å². The highest BCUT2D eigenvalue weighted by Gasteiger charge is 2.18. The van der Waals surface area contributed by atoms with Crippen LogP contribution in [0.4, 0.5) is 0 Å². The van der Waals surface area contributed by atoms with Crippen LogP contribution in [-0.4, -0.2) is 44.2 Å². The van der Waals surface area contributed by atoms with E-state index in [9.17, 15) is 4.79 Å². The van der Waals surface area contributed by atoms with E-state index in [0.29, 0.717) is 25.5 Å².